The third-order valence-electron chi connectivity index (χ3n) is 5.30. The second kappa shape index (κ2) is 6.83. The zero-order valence-corrected chi connectivity index (χ0v) is 17.2. The summed E-state index contributed by atoms with van der Waals surface area (Å²) in [6.45, 7) is 11.0. The van der Waals surface area contributed by atoms with E-state index in [1.54, 1.807) is 0 Å². The first-order valence-electron chi connectivity index (χ1n) is 9.69. The fourth-order valence-corrected chi connectivity index (χ4v) is 3.52. The van der Waals surface area contributed by atoms with Crippen molar-refractivity contribution in [3.63, 3.8) is 0 Å². The molecule has 0 atom stereocenters. The number of para-hydroxylation sites is 1. The molecule has 4 rings (SSSR count). The Morgan fingerprint density at radius 3 is 2.39 bits per heavy atom. The van der Waals surface area contributed by atoms with Gasteiger partial charge in [-0.25, -0.2) is 9.97 Å². The Morgan fingerprint density at radius 1 is 0.893 bits per heavy atom. The maximum Gasteiger partial charge on any atom is 0.214 e. The number of pyridine rings is 1. The average Bonchev–Trinajstić information content (AvgIpc) is 2.67. The van der Waals surface area contributed by atoms with Crippen LogP contribution in [0.2, 0.25) is 0 Å². The maximum atomic E-state index is 4.87. The van der Waals surface area contributed by atoms with Gasteiger partial charge in [0.1, 0.15) is 0 Å². The lowest BCUT2D eigenvalue weighted by atomic mass is 9.84. The summed E-state index contributed by atoms with van der Waals surface area (Å²) in [4.78, 5) is 9.56. The smallest absolute Gasteiger partial charge is 0.214 e. The van der Waals surface area contributed by atoms with Gasteiger partial charge in [-0.1, -0.05) is 45.0 Å². The van der Waals surface area contributed by atoms with Crippen LogP contribution in [0.3, 0.4) is 0 Å². The molecule has 2 heterocycles. The molecular formula is C25H26N3+. The molecule has 0 fully saturated rings. The van der Waals surface area contributed by atoms with Gasteiger partial charge < -0.3 is 0 Å². The quantitative estimate of drug-likeness (QED) is 0.438. The van der Waals surface area contributed by atoms with E-state index in [-0.39, 0.29) is 5.41 Å². The van der Waals surface area contributed by atoms with Gasteiger partial charge in [-0.15, -0.1) is 0 Å². The van der Waals surface area contributed by atoms with E-state index in [4.69, 9.17) is 9.97 Å². The normalized spacial score (nSPS) is 11.8. The Balaban J connectivity index is 2.00. The van der Waals surface area contributed by atoms with Crippen molar-refractivity contribution in [3.05, 3.63) is 83.8 Å². The van der Waals surface area contributed by atoms with Crippen molar-refractivity contribution < 1.29 is 4.57 Å². The number of hydrogen-bond donors (Lipinski definition) is 0. The minimum absolute atomic E-state index is 0.0251. The molecule has 0 unspecified atom stereocenters. The molecule has 0 spiro atoms. The number of benzene rings is 2. The van der Waals surface area contributed by atoms with Crippen LogP contribution in [0.5, 0.6) is 0 Å². The lowest BCUT2D eigenvalue weighted by Crippen LogP contribution is -2.35. The number of aromatic nitrogens is 3. The second-order valence-electron chi connectivity index (χ2n) is 8.38. The fourth-order valence-electron chi connectivity index (χ4n) is 3.52. The molecular weight excluding hydrogens is 342 g/mol. The van der Waals surface area contributed by atoms with E-state index in [2.05, 4.69) is 75.7 Å². The highest BCUT2D eigenvalue weighted by Crippen LogP contribution is 2.32. The molecule has 2 aromatic carbocycles. The van der Waals surface area contributed by atoms with E-state index >= 15 is 0 Å². The van der Waals surface area contributed by atoms with Crippen molar-refractivity contribution in [2.24, 2.45) is 0 Å². The van der Waals surface area contributed by atoms with Crippen molar-refractivity contribution in [2.75, 3.05) is 0 Å². The monoisotopic (exact) mass is 368 g/mol. The van der Waals surface area contributed by atoms with Crippen molar-refractivity contribution in [3.8, 4) is 17.1 Å². The van der Waals surface area contributed by atoms with Crippen LogP contribution in [0.4, 0.5) is 0 Å². The molecule has 0 amide bonds. The average molecular weight is 369 g/mol. The zero-order chi connectivity index (χ0) is 19.9. The molecule has 3 heteroatoms. The number of hydrogen-bond acceptors (Lipinski definition) is 2. The van der Waals surface area contributed by atoms with Gasteiger partial charge in [-0.05, 0) is 30.0 Å². The lowest BCUT2D eigenvalue weighted by molar-refractivity contribution is -0.603. The van der Waals surface area contributed by atoms with Crippen LogP contribution in [0.25, 0.3) is 28.0 Å². The van der Waals surface area contributed by atoms with Gasteiger partial charge in [0.25, 0.3) is 0 Å². The van der Waals surface area contributed by atoms with Gasteiger partial charge in [-0.3, -0.25) is 0 Å². The first-order chi connectivity index (χ1) is 13.3. The molecule has 0 bridgehead atoms. The summed E-state index contributed by atoms with van der Waals surface area (Å²) in [7, 11) is 0. The number of rotatable bonds is 2. The Kier molecular flexibility index (Phi) is 4.46. The van der Waals surface area contributed by atoms with Crippen molar-refractivity contribution in [2.45, 2.75) is 40.0 Å². The Labute approximate surface area is 166 Å². The van der Waals surface area contributed by atoms with E-state index in [1.165, 1.54) is 22.5 Å². The Bertz CT molecular complexity index is 1170. The van der Waals surface area contributed by atoms with Crippen LogP contribution in [0.15, 0.2) is 67.0 Å². The molecule has 0 N–H and O–H groups in total. The molecule has 2 aromatic heterocycles. The highest BCUT2D eigenvalue weighted by molar-refractivity contribution is 5.80. The van der Waals surface area contributed by atoms with Gasteiger partial charge in [-0.2, -0.15) is 4.57 Å². The highest BCUT2D eigenvalue weighted by atomic mass is 15.0. The molecule has 0 aliphatic carbocycles. The van der Waals surface area contributed by atoms with Gasteiger partial charge >= 0.3 is 0 Å². The SMILES string of the molecule is Cc1c(-c2ncc3ccccc3n2)cc(C(C)(C)C)cc1-[n+]1ccccc1C. The maximum absolute atomic E-state index is 4.87. The predicted octanol–water partition coefficient (Wildman–Crippen LogP) is 5.49. The zero-order valence-electron chi connectivity index (χ0n) is 17.2. The van der Waals surface area contributed by atoms with E-state index < -0.39 is 0 Å². The first kappa shape index (κ1) is 18.3. The molecule has 0 saturated heterocycles. The fraction of sp³-hybridized carbons (Fsp3) is 0.240. The standard InChI is InChI=1S/C25H26N3/c1-17-10-8-9-13-28(17)23-15-20(25(3,4)5)14-21(18(23)2)24-26-16-19-11-6-7-12-22(19)27-24/h6-16H,1-5H3/q+1. The molecule has 140 valence electrons. The minimum atomic E-state index is 0.0251. The topological polar surface area (TPSA) is 29.7 Å². The molecule has 3 nitrogen and oxygen atoms in total. The summed E-state index contributed by atoms with van der Waals surface area (Å²) in [5.41, 5.74) is 6.91. The summed E-state index contributed by atoms with van der Waals surface area (Å²) < 4.78 is 2.25. The van der Waals surface area contributed by atoms with Crippen molar-refractivity contribution >= 4 is 10.9 Å². The van der Waals surface area contributed by atoms with Gasteiger partial charge in [0, 0.05) is 47.8 Å². The minimum Gasteiger partial charge on any atom is -0.236 e. The van der Waals surface area contributed by atoms with Crippen LogP contribution in [0.1, 0.15) is 37.6 Å². The summed E-state index contributed by atoms with van der Waals surface area (Å²) in [5.74, 6) is 0.776. The van der Waals surface area contributed by atoms with Crippen molar-refractivity contribution in [1.29, 1.82) is 0 Å². The van der Waals surface area contributed by atoms with E-state index in [0.717, 1.165) is 22.3 Å². The van der Waals surface area contributed by atoms with Crippen LogP contribution in [-0.2, 0) is 5.41 Å². The summed E-state index contributed by atoms with van der Waals surface area (Å²) in [5, 5.41) is 1.06. The molecule has 0 saturated carbocycles. The second-order valence-corrected chi connectivity index (χ2v) is 8.38. The number of nitrogens with zero attached hydrogens (tertiary/aromatic N) is 3. The van der Waals surface area contributed by atoms with E-state index in [9.17, 15) is 0 Å². The first-order valence-corrected chi connectivity index (χ1v) is 9.69. The summed E-state index contributed by atoms with van der Waals surface area (Å²) >= 11 is 0. The number of fused-ring (bicyclic) bond motifs is 1. The van der Waals surface area contributed by atoms with Crippen LogP contribution in [0, 0.1) is 13.8 Å². The van der Waals surface area contributed by atoms with Gasteiger partial charge in [0.2, 0.25) is 5.69 Å². The summed E-state index contributed by atoms with van der Waals surface area (Å²) in [6, 6.07) is 19.0. The third kappa shape index (κ3) is 3.29. The summed E-state index contributed by atoms with van der Waals surface area (Å²) in [6.07, 6.45) is 4.04. The number of aryl methyl sites for hydroxylation is 1. The molecule has 0 radical (unpaired) electrons. The van der Waals surface area contributed by atoms with Gasteiger partial charge in [0.05, 0.1) is 5.52 Å². The van der Waals surface area contributed by atoms with E-state index in [1.807, 2.05) is 30.5 Å². The van der Waals surface area contributed by atoms with Crippen LogP contribution in [-0.4, -0.2) is 9.97 Å². The van der Waals surface area contributed by atoms with Crippen LogP contribution >= 0.6 is 0 Å². The van der Waals surface area contributed by atoms with Crippen LogP contribution < -0.4 is 4.57 Å². The largest absolute Gasteiger partial charge is 0.236 e. The van der Waals surface area contributed by atoms with Gasteiger partial charge in [0.15, 0.2) is 17.7 Å². The molecule has 4 aromatic rings. The highest BCUT2D eigenvalue weighted by Gasteiger charge is 2.24. The van der Waals surface area contributed by atoms with Crippen molar-refractivity contribution in [1.82, 2.24) is 9.97 Å². The Morgan fingerprint density at radius 2 is 1.64 bits per heavy atom. The molecule has 0 aliphatic heterocycles. The molecule has 28 heavy (non-hydrogen) atoms. The Hall–Kier alpha value is -3.07. The lowest BCUT2D eigenvalue weighted by Gasteiger charge is -2.21. The predicted molar refractivity (Wildman–Crippen MR) is 115 cm³/mol. The molecule has 0 aliphatic rings. The third-order valence-corrected chi connectivity index (χ3v) is 5.30. The van der Waals surface area contributed by atoms with E-state index in [0.29, 0.717) is 0 Å².